The molecule has 0 saturated heterocycles. The number of aliphatic hydroxyl groups is 1. The molecule has 4 aliphatic heterocycles. The van der Waals surface area contributed by atoms with E-state index < -0.39 is 62.2 Å². The number of fused-ring (bicyclic) bond motifs is 4. The highest BCUT2D eigenvalue weighted by molar-refractivity contribution is 6.74. The normalized spacial score (nSPS) is 18.2. The molecule has 4 aromatic rings. The van der Waals surface area contributed by atoms with E-state index in [1.165, 1.54) is 36.2 Å². The molecule has 5 heterocycles. The number of aliphatic hydroxyl groups excluding tert-OH is 1. The summed E-state index contributed by atoms with van der Waals surface area (Å²) in [7, 11) is 0.249. The van der Waals surface area contributed by atoms with Gasteiger partial charge in [-0.15, -0.1) is 5.10 Å². The first-order valence-corrected chi connectivity index (χ1v) is 35.2. The van der Waals surface area contributed by atoms with Crippen molar-refractivity contribution in [1.82, 2.24) is 24.8 Å². The van der Waals surface area contributed by atoms with Crippen LogP contribution >= 0.6 is 0 Å². The summed E-state index contributed by atoms with van der Waals surface area (Å²) >= 11 is 0. The van der Waals surface area contributed by atoms with Crippen molar-refractivity contribution >= 4 is 43.7 Å². The van der Waals surface area contributed by atoms with Gasteiger partial charge in [0.25, 0.3) is 11.8 Å². The first-order valence-electron chi connectivity index (χ1n) is 32.3. The Morgan fingerprint density at radius 1 is 0.589 bits per heavy atom. The summed E-state index contributed by atoms with van der Waals surface area (Å²) in [6, 6.07) is 10.5. The smallest absolute Gasteiger partial charge is 0.417 e. The number of amides is 4. The Hall–Kier alpha value is -7.18. The van der Waals surface area contributed by atoms with Crippen LogP contribution < -0.4 is 34.5 Å². The highest BCUT2D eigenvalue weighted by atomic mass is 28.4. The number of anilines is 2. The van der Waals surface area contributed by atoms with Crippen LogP contribution in [0.4, 0.5) is 21.0 Å². The SMILES string of the molecule is COc1cc2c(cc1OCc1cc(COc3cc4c(cc3OC)C(=O)N3C=C(C)C[C@H]3[C@H](O[Si](C)(C)C(C)(C)C)N4C(=O)OC(C)(C)C)cc(-c3cn(CCOCCOCCOCCOCCOCCOCCN)nn3)c1)N(C(=O)OC(C)(C)C)[C@@H](O)[C@@H]1CC(C)=CN1C2=O. The van der Waals surface area contributed by atoms with Crippen molar-refractivity contribution in [2.24, 2.45) is 5.73 Å². The molecule has 0 fully saturated rings. The van der Waals surface area contributed by atoms with Gasteiger partial charge >= 0.3 is 12.2 Å². The zero-order chi connectivity index (χ0) is 69.0. The van der Waals surface area contributed by atoms with E-state index in [1.807, 2.05) is 38.2 Å². The molecule has 1 aromatic heterocycles. The average Bonchev–Trinajstić information content (AvgIpc) is 1.63. The Morgan fingerprint density at radius 2 is 1.02 bits per heavy atom. The van der Waals surface area contributed by atoms with Gasteiger partial charge in [0.05, 0.1) is 141 Å². The highest BCUT2D eigenvalue weighted by Gasteiger charge is 2.51. The number of hydrogen-bond donors (Lipinski definition) is 2. The van der Waals surface area contributed by atoms with E-state index in [2.05, 4.69) is 44.2 Å². The Balaban J connectivity index is 1.05. The van der Waals surface area contributed by atoms with Gasteiger partial charge in [-0.05, 0) is 128 Å². The third-order valence-corrected chi connectivity index (χ3v) is 20.8. The van der Waals surface area contributed by atoms with Gasteiger partial charge in [0.15, 0.2) is 43.8 Å². The quantitative estimate of drug-likeness (QED) is 0.0350. The van der Waals surface area contributed by atoms with Crippen molar-refractivity contribution in [2.75, 3.05) is 110 Å². The summed E-state index contributed by atoms with van der Waals surface area (Å²) in [4.78, 5) is 64.0. The van der Waals surface area contributed by atoms with Crippen LogP contribution in [0.15, 0.2) is 72.2 Å². The number of rotatable bonds is 31. The van der Waals surface area contributed by atoms with Crippen LogP contribution in [0.1, 0.15) is 121 Å². The van der Waals surface area contributed by atoms with Gasteiger partial charge in [-0.1, -0.05) is 37.1 Å². The van der Waals surface area contributed by atoms with Crippen LogP contribution in [0.2, 0.25) is 18.1 Å². The van der Waals surface area contributed by atoms with Crippen molar-refractivity contribution in [3.05, 3.63) is 94.5 Å². The minimum atomic E-state index is -2.68. The molecule has 4 atom stereocenters. The summed E-state index contributed by atoms with van der Waals surface area (Å²) < 4.78 is 79.6. The molecule has 4 aliphatic rings. The van der Waals surface area contributed by atoms with Crippen molar-refractivity contribution in [1.29, 1.82) is 0 Å². The largest absolute Gasteiger partial charge is 0.493 e. The van der Waals surface area contributed by atoms with E-state index in [0.29, 0.717) is 128 Å². The van der Waals surface area contributed by atoms with E-state index in [-0.39, 0.29) is 69.7 Å². The van der Waals surface area contributed by atoms with E-state index >= 15 is 0 Å². The lowest BCUT2D eigenvalue weighted by atomic mass is 10.0. The number of hydrogen-bond acceptors (Lipinski definition) is 21. The maximum absolute atomic E-state index is 14.9. The zero-order valence-corrected chi connectivity index (χ0v) is 58.9. The number of methoxy groups -OCH3 is 2. The van der Waals surface area contributed by atoms with E-state index in [4.69, 9.17) is 67.0 Å². The lowest BCUT2D eigenvalue weighted by molar-refractivity contribution is -0.0167. The third-order valence-electron chi connectivity index (χ3n) is 16.4. The van der Waals surface area contributed by atoms with Gasteiger partial charge in [0, 0.05) is 36.6 Å². The van der Waals surface area contributed by atoms with Crippen LogP contribution in [0, 0.1) is 0 Å². The predicted octanol–water partition coefficient (Wildman–Crippen LogP) is 9.59. The van der Waals surface area contributed by atoms with Gasteiger partial charge in [-0.3, -0.25) is 9.59 Å². The number of benzene rings is 3. The molecule has 522 valence electrons. The summed E-state index contributed by atoms with van der Waals surface area (Å²) in [6.07, 6.45) is 2.10. The fourth-order valence-corrected chi connectivity index (χ4v) is 12.1. The molecule has 0 saturated carbocycles. The molecule has 0 spiro atoms. The molecule has 3 aromatic carbocycles. The van der Waals surface area contributed by atoms with Crippen molar-refractivity contribution in [2.45, 2.75) is 163 Å². The summed E-state index contributed by atoms with van der Waals surface area (Å²) in [6.45, 7) is 30.8. The molecular weight excluding hydrogens is 1240 g/mol. The first kappa shape index (κ1) is 73.6. The standard InChI is InChI=1S/C68H98N8O18Si/c1-44-30-54-62(79)75(64(80)92-66(3,4)5)52-37-58(56(82-12)35-49(52)60(77)73(54)39-44)90-42-46-32-47(34-48(33-46)51-41-72(71-70-51)17-19-85-21-23-87-25-27-89-29-28-88-26-24-86-22-20-84-18-16-69)43-91-59-38-53-50(36-57(59)83-13)61(78)74-40-45(2)31-55(74)63(94-95(14,15)68(9,10)11)76(53)65(81)93-67(6,7)8/h32-41,54-55,62-63,79H,16-31,42-43,69H2,1-15H3/t54-,55-,62-,63-/m0/s1. The van der Waals surface area contributed by atoms with E-state index in [0.717, 1.165) is 16.0 Å². The Bertz CT molecular complexity index is 3370. The molecule has 0 radical (unpaired) electrons. The molecule has 0 unspecified atom stereocenters. The number of carbonyl (C=O) groups excluding carboxylic acids is 4. The molecule has 27 heteroatoms. The van der Waals surface area contributed by atoms with Gasteiger partial charge in [-0.2, -0.15) is 0 Å². The minimum Gasteiger partial charge on any atom is -0.493 e. The lowest BCUT2D eigenvalue weighted by Gasteiger charge is -2.44. The number of aromatic nitrogens is 3. The van der Waals surface area contributed by atoms with Gasteiger partial charge in [0.2, 0.25) is 0 Å². The average molecular weight is 1340 g/mol. The molecule has 8 rings (SSSR count). The molecule has 95 heavy (non-hydrogen) atoms. The molecular formula is C68H98N8O18Si. The minimum absolute atomic E-state index is 0.0677. The number of nitrogens with zero attached hydrogens (tertiary/aromatic N) is 7. The third kappa shape index (κ3) is 19.1. The van der Waals surface area contributed by atoms with Crippen molar-refractivity contribution in [3.63, 3.8) is 0 Å². The van der Waals surface area contributed by atoms with Crippen LogP contribution in [-0.4, -0.2) is 198 Å². The topological polar surface area (TPSA) is 278 Å². The summed E-state index contributed by atoms with van der Waals surface area (Å²) in [5.74, 6) is 0.00225. The Kier molecular flexibility index (Phi) is 25.0. The zero-order valence-electron chi connectivity index (χ0n) is 57.9. The number of ether oxygens (including phenoxy) is 12. The second-order valence-corrected chi connectivity index (χ2v) is 32.0. The number of carbonyl (C=O) groups is 4. The molecule has 26 nitrogen and oxygen atoms in total. The summed E-state index contributed by atoms with van der Waals surface area (Å²) in [5, 5.41) is 20.7. The number of nitrogens with two attached hydrogens (primary N) is 1. The van der Waals surface area contributed by atoms with Crippen molar-refractivity contribution < 1.29 is 85.6 Å². The van der Waals surface area contributed by atoms with E-state index in [9.17, 15) is 24.3 Å². The van der Waals surface area contributed by atoms with Gasteiger partial charge in [-0.25, -0.2) is 24.1 Å². The molecule has 4 amide bonds. The molecule has 0 aliphatic carbocycles. The van der Waals surface area contributed by atoms with Gasteiger partial charge < -0.3 is 81.9 Å². The maximum atomic E-state index is 14.9. The fraction of sp³-hybridized carbons (Fsp3) is 0.588. The monoisotopic (exact) mass is 1340 g/mol. The second kappa shape index (κ2) is 32.2. The van der Waals surface area contributed by atoms with Crippen LogP contribution in [0.3, 0.4) is 0 Å². The highest BCUT2D eigenvalue weighted by Crippen LogP contribution is 2.47. The van der Waals surface area contributed by atoms with E-state index in [1.54, 1.807) is 75.7 Å². The molecule has 0 bridgehead atoms. The van der Waals surface area contributed by atoms with Crippen LogP contribution in [-0.2, 0) is 62.1 Å². The second-order valence-electron chi connectivity index (χ2n) is 27.3. The van der Waals surface area contributed by atoms with Crippen LogP contribution in [0.25, 0.3) is 11.3 Å². The lowest BCUT2D eigenvalue weighted by Crippen LogP contribution is -2.58. The fourth-order valence-electron chi connectivity index (χ4n) is 10.8. The van der Waals surface area contributed by atoms with Crippen LogP contribution in [0.5, 0.6) is 23.0 Å². The maximum Gasteiger partial charge on any atom is 0.417 e. The summed E-state index contributed by atoms with van der Waals surface area (Å²) in [5.41, 5.74) is 8.35. The predicted molar refractivity (Wildman–Crippen MR) is 356 cm³/mol. The molecule has 3 N–H and O–H groups in total. The van der Waals surface area contributed by atoms with Crippen molar-refractivity contribution in [3.8, 4) is 34.3 Å². The Labute approximate surface area is 558 Å². The first-order chi connectivity index (χ1) is 45.0. The Morgan fingerprint density at radius 3 is 1.47 bits per heavy atom. The van der Waals surface area contributed by atoms with Gasteiger partial charge in [0.1, 0.15) is 30.1 Å².